The van der Waals surface area contributed by atoms with Crippen molar-refractivity contribution in [3.63, 3.8) is 0 Å². The number of benzene rings is 1. The van der Waals surface area contributed by atoms with Crippen LogP contribution in [0.3, 0.4) is 0 Å². The second-order valence-corrected chi connectivity index (χ2v) is 3.18. The van der Waals surface area contributed by atoms with E-state index in [4.69, 9.17) is 0 Å². The van der Waals surface area contributed by atoms with Crippen LogP contribution < -0.4 is 0 Å². The van der Waals surface area contributed by atoms with E-state index in [0.29, 0.717) is 0 Å². The first-order chi connectivity index (χ1) is 7.57. The topological polar surface area (TPSA) is 46.6 Å². The van der Waals surface area contributed by atoms with Crippen LogP contribution >= 0.6 is 0 Å². The number of ether oxygens (including phenoxy) is 1. The Morgan fingerprint density at radius 2 is 1.88 bits per heavy atom. The number of esters is 1. The zero-order valence-electron chi connectivity index (χ0n) is 9.01. The standard InChI is InChI=1S/C11H12FNO3/c1-8(11(15)16-2)13(12)10(14)9-6-4-3-5-7-9/h3-8H,1-2H3. The number of amides is 1. The SMILES string of the molecule is COC(=O)C(C)N(F)C(=O)c1ccccc1. The lowest BCUT2D eigenvalue weighted by atomic mass is 10.2. The van der Waals surface area contributed by atoms with Crippen molar-refractivity contribution in [2.24, 2.45) is 0 Å². The van der Waals surface area contributed by atoms with Gasteiger partial charge in [-0.25, -0.2) is 4.79 Å². The van der Waals surface area contributed by atoms with E-state index in [0.717, 1.165) is 7.11 Å². The second kappa shape index (κ2) is 5.25. The first kappa shape index (κ1) is 12.2. The quantitative estimate of drug-likeness (QED) is 0.579. The first-order valence-electron chi connectivity index (χ1n) is 4.70. The van der Waals surface area contributed by atoms with Crippen LogP contribution in [0.5, 0.6) is 0 Å². The molecule has 5 heteroatoms. The molecule has 0 heterocycles. The molecule has 86 valence electrons. The molecule has 1 atom stereocenters. The molecular weight excluding hydrogens is 213 g/mol. The van der Waals surface area contributed by atoms with E-state index in [9.17, 15) is 14.1 Å². The summed E-state index contributed by atoms with van der Waals surface area (Å²) in [7, 11) is 1.14. The number of nitrogens with zero attached hydrogens (tertiary/aromatic N) is 1. The molecule has 0 aliphatic heterocycles. The number of methoxy groups -OCH3 is 1. The summed E-state index contributed by atoms with van der Waals surface area (Å²) in [6.45, 7) is 1.26. The summed E-state index contributed by atoms with van der Waals surface area (Å²) in [4.78, 5) is 22.6. The molecule has 0 bridgehead atoms. The Kier molecular flexibility index (Phi) is 3.99. The fraction of sp³-hybridized carbons (Fsp3) is 0.273. The third kappa shape index (κ3) is 2.56. The summed E-state index contributed by atoms with van der Waals surface area (Å²) in [6.07, 6.45) is 0. The average Bonchev–Trinajstić information content (AvgIpc) is 2.36. The molecule has 0 spiro atoms. The molecule has 1 aromatic rings. The molecule has 0 aliphatic rings. The van der Waals surface area contributed by atoms with Gasteiger partial charge >= 0.3 is 5.97 Å². The molecule has 0 aliphatic carbocycles. The van der Waals surface area contributed by atoms with Crippen LogP contribution in [-0.4, -0.2) is 30.2 Å². The predicted octanol–water partition coefficient (Wildman–Crippen LogP) is 1.57. The van der Waals surface area contributed by atoms with Crippen LogP contribution in [0.2, 0.25) is 0 Å². The van der Waals surface area contributed by atoms with E-state index in [1.165, 1.54) is 19.1 Å². The van der Waals surface area contributed by atoms with Gasteiger partial charge in [-0.05, 0) is 19.1 Å². The molecule has 0 saturated heterocycles. The molecule has 0 saturated carbocycles. The zero-order chi connectivity index (χ0) is 12.1. The highest BCUT2D eigenvalue weighted by Crippen LogP contribution is 2.09. The number of rotatable bonds is 3. The highest BCUT2D eigenvalue weighted by atomic mass is 19.2. The molecule has 1 rings (SSSR count). The number of hydrogen-bond donors (Lipinski definition) is 0. The van der Waals surface area contributed by atoms with Gasteiger partial charge in [-0.3, -0.25) is 4.79 Å². The Labute approximate surface area is 92.6 Å². The third-order valence-corrected chi connectivity index (χ3v) is 2.10. The average molecular weight is 225 g/mol. The summed E-state index contributed by atoms with van der Waals surface area (Å²) < 4.78 is 17.8. The van der Waals surface area contributed by atoms with Crippen LogP contribution in [0.25, 0.3) is 0 Å². The number of halogens is 1. The van der Waals surface area contributed by atoms with Gasteiger partial charge in [-0.15, -0.1) is 0 Å². The smallest absolute Gasteiger partial charge is 0.331 e. The van der Waals surface area contributed by atoms with Crippen molar-refractivity contribution < 1.29 is 18.8 Å². The summed E-state index contributed by atoms with van der Waals surface area (Å²) in [5.74, 6) is -1.66. The minimum Gasteiger partial charge on any atom is -0.467 e. The van der Waals surface area contributed by atoms with Crippen LogP contribution in [0, 0.1) is 0 Å². The van der Waals surface area contributed by atoms with Crippen molar-refractivity contribution in [2.75, 3.05) is 7.11 Å². The van der Waals surface area contributed by atoms with Gasteiger partial charge in [0.05, 0.1) is 7.11 Å². The fourth-order valence-electron chi connectivity index (χ4n) is 1.14. The zero-order valence-corrected chi connectivity index (χ0v) is 9.01. The molecule has 4 nitrogen and oxygen atoms in total. The number of hydrogen-bond acceptors (Lipinski definition) is 3. The van der Waals surface area contributed by atoms with Gasteiger partial charge < -0.3 is 4.74 Å². The van der Waals surface area contributed by atoms with Gasteiger partial charge in [-0.1, -0.05) is 22.7 Å². The first-order valence-corrected chi connectivity index (χ1v) is 4.70. The van der Waals surface area contributed by atoms with E-state index in [1.807, 2.05) is 0 Å². The van der Waals surface area contributed by atoms with Gasteiger partial charge in [0.25, 0.3) is 5.91 Å². The highest BCUT2D eigenvalue weighted by molar-refractivity contribution is 5.95. The van der Waals surface area contributed by atoms with Gasteiger partial charge in [-0.2, -0.15) is 5.12 Å². The van der Waals surface area contributed by atoms with E-state index in [2.05, 4.69) is 4.74 Å². The normalized spacial score (nSPS) is 11.7. The lowest BCUT2D eigenvalue weighted by Crippen LogP contribution is -2.38. The lowest BCUT2D eigenvalue weighted by Gasteiger charge is -2.17. The molecule has 0 N–H and O–H groups in total. The minimum absolute atomic E-state index is 0.138. The van der Waals surface area contributed by atoms with Gasteiger partial charge in [0, 0.05) is 5.56 Å². The molecular formula is C11H12FNO3. The van der Waals surface area contributed by atoms with Gasteiger partial charge in [0.15, 0.2) is 6.04 Å². The van der Waals surface area contributed by atoms with Gasteiger partial charge in [0.2, 0.25) is 0 Å². The van der Waals surface area contributed by atoms with Crippen molar-refractivity contribution in [3.8, 4) is 0 Å². The van der Waals surface area contributed by atoms with Crippen LogP contribution in [0.1, 0.15) is 17.3 Å². The second-order valence-electron chi connectivity index (χ2n) is 3.18. The molecule has 0 aromatic heterocycles. The third-order valence-electron chi connectivity index (χ3n) is 2.10. The Balaban J connectivity index is 2.79. The van der Waals surface area contributed by atoms with Crippen LogP contribution in [0.4, 0.5) is 4.48 Å². The van der Waals surface area contributed by atoms with E-state index in [-0.39, 0.29) is 10.7 Å². The van der Waals surface area contributed by atoms with E-state index in [1.54, 1.807) is 18.2 Å². The molecule has 1 amide bonds. The summed E-state index contributed by atoms with van der Waals surface area (Å²) >= 11 is 0. The Morgan fingerprint density at radius 3 is 2.38 bits per heavy atom. The highest BCUT2D eigenvalue weighted by Gasteiger charge is 2.27. The van der Waals surface area contributed by atoms with E-state index >= 15 is 0 Å². The fourth-order valence-corrected chi connectivity index (χ4v) is 1.14. The summed E-state index contributed by atoms with van der Waals surface area (Å²) in [6, 6.07) is 6.63. The minimum atomic E-state index is -1.25. The van der Waals surface area contributed by atoms with Crippen molar-refractivity contribution in [1.29, 1.82) is 0 Å². The predicted molar refractivity (Wildman–Crippen MR) is 55.2 cm³/mol. The maximum absolute atomic E-state index is 13.5. The van der Waals surface area contributed by atoms with E-state index < -0.39 is 17.9 Å². The van der Waals surface area contributed by atoms with Crippen molar-refractivity contribution in [2.45, 2.75) is 13.0 Å². The monoisotopic (exact) mass is 225 g/mol. The molecule has 1 unspecified atom stereocenters. The number of carbonyl (C=O) groups is 2. The van der Waals surface area contributed by atoms with Crippen molar-refractivity contribution in [1.82, 2.24) is 5.12 Å². The molecule has 0 fully saturated rings. The maximum atomic E-state index is 13.5. The number of carbonyl (C=O) groups excluding carboxylic acids is 2. The summed E-state index contributed by atoms with van der Waals surface area (Å²) in [5, 5.41) is -0.138. The van der Waals surface area contributed by atoms with Crippen LogP contribution in [0.15, 0.2) is 30.3 Å². The Bertz CT molecular complexity index is 380. The Morgan fingerprint density at radius 1 is 1.31 bits per heavy atom. The molecule has 0 radical (unpaired) electrons. The largest absolute Gasteiger partial charge is 0.467 e. The lowest BCUT2D eigenvalue weighted by molar-refractivity contribution is -0.150. The Hall–Kier alpha value is -1.91. The van der Waals surface area contributed by atoms with Crippen LogP contribution in [-0.2, 0) is 9.53 Å². The van der Waals surface area contributed by atoms with Gasteiger partial charge in [0.1, 0.15) is 0 Å². The maximum Gasteiger partial charge on any atom is 0.331 e. The van der Waals surface area contributed by atoms with Crippen molar-refractivity contribution >= 4 is 11.9 Å². The molecule has 16 heavy (non-hydrogen) atoms. The van der Waals surface area contributed by atoms with Crippen molar-refractivity contribution in [3.05, 3.63) is 35.9 Å². The molecule has 1 aromatic carbocycles. The summed E-state index contributed by atoms with van der Waals surface area (Å²) in [5.41, 5.74) is 0.181.